The van der Waals surface area contributed by atoms with Gasteiger partial charge in [0.15, 0.2) is 0 Å². The van der Waals surface area contributed by atoms with Crippen molar-refractivity contribution >= 4 is 5.91 Å². The third kappa shape index (κ3) is 2.69. The number of amides is 1. The predicted octanol–water partition coefficient (Wildman–Crippen LogP) is 3.05. The Bertz CT molecular complexity index is 884. The Morgan fingerprint density at radius 2 is 1.89 bits per heavy atom. The maximum Gasteiger partial charge on any atom is 0.272 e. The topological polar surface area (TPSA) is 41.4 Å². The summed E-state index contributed by atoms with van der Waals surface area (Å²) in [5, 5.41) is 4.48. The van der Waals surface area contributed by atoms with Crippen molar-refractivity contribution in [2.45, 2.75) is 51.2 Å². The van der Waals surface area contributed by atoms with Gasteiger partial charge in [0.1, 0.15) is 11.5 Å². The van der Waals surface area contributed by atoms with E-state index in [0.717, 1.165) is 37.2 Å². The van der Waals surface area contributed by atoms with Crippen molar-refractivity contribution in [3.8, 4) is 0 Å². The number of halogens is 1. The molecule has 0 saturated carbocycles. The Balaban J connectivity index is 1.53. The standard InChI is InChI=1S/C22H27FN4O/c1-3-27-19(12-14(2)24-27)22(28)26-13-18(15-4-6-17(23)7-5-15)21-20(26)16-8-10-25(21)11-9-16/h4-7,12,16,18,20-21H,3,8-11,13H2,1-2H3/t18-,20+,21+/m0/s1. The minimum Gasteiger partial charge on any atom is -0.332 e. The molecule has 3 atom stereocenters. The molecule has 1 aromatic carbocycles. The number of aromatic nitrogens is 2. The fourth-order valence-electron chi connectivity index (χ4n) is 5.76. The molecule has 4 aliphatic heterocycles. The van der Waals surface area contributed by atoms with Gasteiger partial charge < -0.3 is 4.90 Å². The largest absolute Gasteiger partial charge is 0.332 e. The monoisotopic (exact) mass is 382 g/mol. The number of nitrogens with zero attached hydrogens (tertiary/aromatic N) is 4. The molecule has 148 valence electrons. The van der Waals surface area contributed by atoms with Crippen LogP contribution in [0.1, 0.15) is 47.4 Å². The first-order valence-corrected chi connectivity index (χ1v) is 10.4. The number of carbonyl (C=O) groups excluding carboxylic acids is 1. The maximum absolute atomic E-state index is 13.6. The SMILES string of the molecule is CCn1nc(C)cc1C(=O)N1C[C@@H](c2ccc(F)cc2)[C@@H]2[C@H]1C1CCN2CC1. The van der Waals surface area contributed by atoms with E-state index >= 15 is 0 Å². The third-order valence-electron chi connectivity index (χ3n) is 6.97. The lowest BCUT2D eigenvalue weighted by Crippen LogP contribution is -2.60. The molecule has 4 aliphatic rings. The number of piperidine rings is 3. The molecule has 1 aromatic heterocycles. The van der Waals surface area contributed by atoms with Crippen molar-refractivity contribution < 1.29 is 9.18 Å². The molecule has 2 bridgehead atoms. The van der Waals surface area contributed by atoms with Gasteiger partial charge in [-0.2, -0.15) is 5.10 Å². The molecule has 4 fully saturated rings. The summed E-state index contributed by atoms with van der Waals surface area (Å²) in [7, 11) is 0. The van der Waals surface area contributed by atoms with Crippen molar-refractivity contribution in [1.29, 1.82) is 0 Å². The average molecular weight is 382 g/mol. The lowest BCUT2D eigenvalue weighted by molar-refractivity contribution is -0.00375. The molecule has 0 unspecified atom stereocenters. The molecule has 0 radical (unpaired) electrons. The highest BCUT2D eigenvalue weighted by Crippen LogP contribution is 2.47. The Morgan fingerprint density at radius 3 is 2.57 bits per heavy atom. The zero-order valence-electron chi connectivity index (χ0n) is 16.5. The van der Waals surface area contributed by atoms with Crippen LogP contribution in [0.3, 0.4) is 0 Å². The van der Waals surface area contributed by atoms with Gasteiger partial charge in [0, 0.05) is 25.0 Å². The summed E-state index contributed by atoms with van der Waals surface area (Å²) in [6, 6.07) is 9.37. The van der Waals surface area contributed by atoms with Crippen molar-refractivity contribution in [2.75, 3.05) is 19.6 Å². The summed E-state index contributed by atoms with van der Waals surface area (Å²) in [6.07, 6.45) is 2.32. The molecule has 5 nitrogen and oxygen atoms in total. The first-order chi connectivity index (χ1) is 13.6. The Kier molecular flexibility index (Phi) is 4.27. The van der Waals surface area contributed by atoms with Crippen LogP contribution >= 0.6 is 0 Å². The molecule has 2 aromatic rings. The van der Waals surface area contributed by atoms with Crippen molar-refractivity contribution in [3.63, 3.8) is 0 Å². The van der Waals surface area contributed by atoms with E-state index in [9.17, 15) is 9.18 Å². The van der Waals surface area contributed by atoms with E-state index in [1.165, 1.54) is 0 Å². The summed E-state index contributed by atoms with van der Waals surface area (Å²) in [4.78, 5) is 18.3. The van der Waals surface area contributed by atoms with Crippen LogP contribution in [0.5, 0.6) is 0 Å². The number of rotatable bonds is 3. The van der Waals surface area contributed by atoms with E-state index in [-0.39, 0.29) is 23.7 Å². The molecule has 6 heteroatoms. The maximum atomic E-state index is 13.6. The van der Waals surface area contributed by atoms with E-state index in [1.54, 1.807) is 12.1 Å². The number of fused-ring (bicyclic) bond motifs is 2. The van der Waals surface area contributed by atoms with Crippen LogP contribution in [0.25, 0.3) is 0 Å². The van der Waals surface area contributed by atoms with Crippen LogP contribution in [0, 0.1) is 18.7 Å². The highest BCUT2D eigenvalue weighted by molar-refractivity contribution is 5.93. The molecule has 0 N–H and O–H groups in total. The second kappa shape index (κ2) is 6.69. The normalized spacial score (nSPS) is 31.2. The van der Waals surface area contributed by atoms with Crippen molar-refractivity contribution in [3.05, 3.63) is 53.1 Å². The highest BCUT2D eigenvalue weighted by Gasteiger charge is 2.54. The molecule has 28 heavy (non-hydrogen) atoms. The van der Waals surface area contributed by atoms with E-state index in [2.05, 4.69) is 14.9 Å². The van der Waals surface area contributed by atoms with E-state index in [0.29, 0.717) is 30.7 Å². The summed E-state index contributed by atoms with van der Waals surface area (Å²) in [5.41, 5.74) is 2.71. The quantitative estimate of drug-likeness (QED) is 0.819. The number of likely N-dealkylation sites (tertiary alicyclic amines) is 1. The summed E-state index contributed by atoms with van der Waals surface area (Å²) < 4.78 is 15.3. The second-order valence-electron chi connectivity index (χ2n) is 8.46. The first-order valence-electron chi connectivity index (χ1n) is 10.4. The number of hydrogen-bond donors (Lipinski definition) is 0. The predicted molar refractivity (Wildman–Crippen MR) is 105 cm³/mol. The van der Waals surface area contributed by atoms with Crippen LogP contribution in [0.2, 0.25) is 0 Å². The molecular formula is C22H27FN4O. The second-order valence-corrected chi connectivity index (χ2v) is 8.46. The smallest absolute Gasteiger partial charge is 0.272 e. The highest BCUT2D eigenvalue weighted by atomic mass is 19.1. The molecular weight excluding hydrogens is 355 g/mol. The van der Waals surface area contributed by atoms with Gasteiger partial charge in [0.05, 0.1) is 11.7 Å². The zero-order chi connectivity index (χ0) is 19.4. The Labute approximate surface area is 165 Å². The average Bonchev–Trinajstić information content (AvgIpc) is 3.31. The van der Waals surface area contributed by atoms with Gasteiger partial charge in [-0.15, -0.1) is 0 Å². The lowest BCUT2D eigenvalue weighted by atomic mass is 9.75. The number of hydrogen-bond acceptors (Lipinski definition) is 3. The molecule has 5 heterocycles. The van der Waals surface area contributed by atoms with Crippen molar-refractivity contribution in [2.24, 2.45) is 5.92 Å². The minimum atomic E-state index is -0.209. The zero-order valence-corrected chi connectivity index (χ0v) is 16.5. The van der Waals surface area contributed by atoms with Gasteiger partial charge >= 0.3 is 0 Å². The van der Waals surface area contributed by atoms with Crippen LogP contribution in [0.4, 0.5) is 4.39 Å². The van der Waals surface area contributed by atoms with E-state index < -0.39 is 0 Å². The first kappa shape index (κ1) is 17.9. The van der Waals surface area contributed by atoms with Crippen LogP contribution in [-0.2, 0) is 6.54 Å². The third-order valence-corrected chi connectivity index (χ3v) is 6.97. The molecule has 0 aliphatic carbocycles. The molecule has 4 saturated heterocycles. The van der Waals surface area contributed by atoms with Gasteiger partial charge in [0.25, 0.3) is 5.91 Å². The summed E-state index contributed by atoms with van der Waals surface area (Å²) in [6.45, 7) is 7.56. The van der Waals surface area contributed by atoms with Gasteiger partial charge in [-0.3, -0.25) is 14.4 Å². The van der Waals surface area contributed by atoms with Gasteiger partial charge in [-0.25, -0.2) is 4.39 Å². The molecule has 6 rings (SSSR count). The van der Waals surface area contributed by atoms with Crippen molar-refractivity contribution in [1.82, 2.24) is 19.6 Å². The summed E-state index contributed by atoms with van der Waals surface area (Å²) >= 11 is 0. The van der Waals surface area contributed by atoms with Crippen LogP contribution in [-0.4, -0.2) is 57.2 Å². The fraction of sp³-hybridized carbons (Fsp3) is 0.545. The van der Waals surface area contributed by atoms with Crippen LogP contribution in [0.15, 0.2) is 30.3 Å². The van der Waals surface area contributed by atoms with Gasteiger partial charge in [-0.05, 0) is 69.5 Å². The number of benzene rings is 1. The van der Waals surface area contributed by atoms with E-state index in [1.807, 2.05) is 36.7 Å². The minimum absolute atomic E-state index is 0.0933. The van der Waals surface area contributed by atoms with Gasteiger partial charge in [-0.1, -0.05) is 12.1 Å². The number of aryl methyl sites for hydroxylation is 2. The lowest BCUT2D eigenvalue weighted by Gasteiger charge is -2.51. The fourth-order valence-corrected chi connectivity index (χ4v) is 5.76. The Hall–Kier alpha value is -2.21. The number of carbonyl (C=O) groups is 1. The van der Waals surface area contributed by atoms with Crippen LogP contribution < -0.4 is 0 Å². The van der Waals surface area contributed by atoms with Gasteiger partial charge in [0.2, 0.25) is 0 Å². The molecule has 1 amide bonds. The molecule has 0 spiro atoms. The summed E-state index contributed by atoms with van der Waals surface area (Å²) in [5.74, 6) is 0.676. The van der Waals surface area contributed by atoms with E-state index in [4.69, 9.17) is 0 Å². The Morgan fingerprint density at radius 1 is 1.18 bits per heavy atom.